The van der Waals surface area contributed by atoms with Crippen molar-refractivity contribution in [3.05, 3.63) is 59.9 Å². The summed E-state index contributed by atoms with van der Waals surface area (Å²) in [5.74, 6) is 0.667. The Bertz CT molecular complexity index is 943. The Morgan fingerprint density at radius 1 is 0.906 bits per heavy atom. The Morgan fingerprint density at radius 2 is 1.62 bits per heavy atom. The van der Waals surface area contributed by atoms with Crippen LogP contribution in [0.1, 0.15) is 68.5 Å². The van der Waals surface area contributed by atoms with Gasteiger partial charge >= 0.3 is 0 Å². The molecule has 5 nitrogen and oxygen atoms in total. The Balaban J connectivity index is 1.31. The maximum Gasteiger partial charge on any atom is 0.242 e. The fraction of sp³-hybridized carbons (Fsp3) is 0.556. The molecule has 5 heteroatoms. The van der Waals surface area contributed by atoms with E-state index < -0.39 is 0 Å². The lowest BCUT2D eigenvalue weighted by Gasteiger charge is -2.36. The summed E-state index contributed by atoms with van der Waals surface area (Å²) in [4.78, 5) is 31.2. The van der Waals surface area contributed by atoms with Crippen LogP contribution >= 0.6 is 0 Å². The molecule has 170 valence electrons. The van der Waals surface area contributed by atoms with E-state index in [1.807, 2.05) is 35.2 Å². The van der Waals surface area contributed by atoms with E-state index in [2.05, 4.69) is 34.9 Å². The van der Waals surface area contributed by atoms with E-state index in [0.717, 1.165) is 50.6 Å². The molecule has 2 atom stereocenters. The SMILES string of the molecule is Cn1cccc1CN(C(=O)CN(C(=O)C1CC1c1ccccc1)C1CCCCC1)C1CC1. The highest BCUT2D eigenvalue weighted by Gasteiger charge is 2.47. The maximum absolute atomic E-state index is 13.7. The molecule has 3 fully saturated rings. The second-order valence-electron chi connectivity index (χ2n) is 9.98. The molecule has 2 unspecified atom stereocenters. The van der Waals surface area contributed by atoms with E-state index in [1.165, 1.54) is 12.0 Å². The summed E-state index contributed by atoms with van der Waals surface area (Å²) in [7, 11) is 2.03. The minimum absolute atomic E-state index is 0.0365. The summed E-state index contributed by atoms with van der Waals surface area (Å²) in [5, 5.41) is 0. The third-order valence-electron chi connectivity index (χ3n) is 7.63. The first-order valence-electron chi connectivity index (χ1n) is 12.4. The Hall–Kier alpha value is -2.56. The number of carbonyl (C=O) groups is 2. The summed E-state index contributed by atoms with van der Waals surface area (Å²) in [6.45, 7) is 0.873. The maximum atomic E-state index is 13.7. The smallest absolute Gasteiger partial charge is 0.242 e. The Kier molecular flexibility index (Phi) is 6.07. The van der Waals surface area contributed by atoms with Gasteiger partial charge in [0.1, 0.15) is 6.54 Å². The molecule has 3 aliphatic rings. The lowest BCUT2D eigenvalue weighted by Crippen LogP contribution is -2.49. The summed E-state index contributed by atoms with van der Waals surface area (Å²) in [6, 6.07) is 15.0. The topological polar surface area (TPSA) is 45.6 Å². The molecule has 0 spiro atoms. The monoisotopic (exact) mass is 433 g/mol. The lowest BCUT2D eigenvalue weighted by atomic mass is 9.93. The van der Waals surface area contributed by atoms with Crippen LogP contribution in [0.5, 0.6) is 0 Å². The number of nitrogens with zero attached hydrogens (tertiary/aromatic N) is 3. The van der Waals surface area contributed by atoms with Gasteiger partial charge in [0.25, 0.3) is 0 Å². The minimum atomic E-state index is 0.0365. The highest BCUT2D eigenvalue weighted by atomic mass is 16.2. The van der Waals surface area contributed by atoms with E-state index in [4.69, 9.17) is 0 Å². The van der Waals surface area contributed by atoms with Crippen LogP contribution in [0, 0.1) is 5.92 Å². The van der Waals surface area contributed by atoms with Crippen LogP contribution in [0.25, 0.3) is 0 Å². The van der Waals surface area contributed by atoms with Crippen molar-refractivity contribution in [3.8, 4) is 0 Å². The predicted octanol–water partition coefficient (Wildman–Crippen LogP) is 4.48. The van der Waals surface area contributed by atoms with E-state index in [0.29, 0.717) is 18.5 Å². The van der Waals surface area contributed by atoms with Crippen molar-refractivity contribution in [1.29, 1.82) is 0 Å². The molecule has 0 bridgehead atoms. The molecule has 0 aliphatic heterocycles. The highest BCUT2D eigenvalue weighted by molar-refractivity contribution is 5.88. The molecule has 2 aromatic rings. The molecule has 0 radical (unpaired) electrons. The van der Waals surface area contributed by atoms with Gasteiger partial charge in [-0.1, -0.05) is 49.6 Å². The third kappa shape index (κ3) is 4.62. The van der Waals surface area contributed by atoms with Crippen LogP contribution in [0.15, 0.2) is 48.7 Å². The number of rotatable bonds is 8. The van der Waals surface area contributed by atoms with Gasteiger partial charge in [-0.3, -0.25) is 9.59 Å². The van der Waals surface area contributed by atoms with Crippen molar-refractivity contribution >= 4 is 11.8 Å². The van der Waals surface area contributed by atoms with Gasteiger partial charge in [-0.05, 0) is 55.7 Å². The number of hydrogen-bond acceptors (Lipinski definition) is 2. The highest BCUT2D eigenvalue weighted by Crippen LogP contribution is 2.49. The summed E-state index contributed by atoms with van der Waals surface area (Å²) in [6.07, 6.45) is 10.7. The number of aromatic nitrogens is 1. The molecule has 0 saturated heterocycles. The number of carbonyl (C=O) groups excluding carboxylic acids is 2. The van der Waals surface area contributed by atoms with Crippen molar-refractivity contribution in [2.75, 3.05) is 6.54 Å². The van der Waals surface area contributed by atoms with Gasteiger partial charge in [0.15, 0.2) is 0 Å². The molecule has 0 N–H and O–H groups in total. The third-order valence-corrected chi connectivity index (χ3v) is 7.63. The molecular weight excluding hydrogens is 398 g/mol. The molecule has 1 aromatic carbocycles. The lowest BCUT2D eigenvalue weighted by molar-refractivity contribution is -0.144. The average molecular weight is 434 g/mol. The van der Waals surface area contributed by atoms with Gasteiger partial charge in [-0.25, -0.2) is 0 Å². The summed E-state index contributed by atoms with van der Waals surface area (Å²) in [5.41, 5.74) is 2.40. The minimum Gasteiger partial charge on any atom is -0.353 e. The van der Waals surface area contributed by atoms with Crippen molar-refractivity contribution in [2.24, 2.45) is 13.0 Å². The van der Waals surface area contributed by atoms with E-state index >= 15 is 0 Å². The average Bonchev–Trinajstić information content (AvgIpc) is 3.75. The first-order valence-corrected chi connectivity index (χ1v) is 12.4. The van der Waals surface area contributed by atoms with Crippen molar-refractivity contribution in [1.82, 2.24) is 14.4 Å². The van der Waals surface area contributed by atoms with E-state index in [-0.39, 0.29) is 30.3 Å². The Morgan fingerprint density at radius 3 is 2.28 bits per heavy atom. The first kappa shape index (κ1) is 21.3. The van der Waals surface area contributed by atoms with Crippen LogP contribution in [0.2, 0.25) is 0 Å². The van der Waals surface area contributed by atoms with E-state index in [1.54, 1.807) is 0 Å². The molecule has 1 heterocycles. The molecule has 2 amide bonds. The van der Waals surface area contributed by atoms with Gasteiger partial charge in [0.2, 0.25) is 11.8 Å². The standard InChI is InChI=1S/C27H35N3O2/c1-28-16-8-13-23(28)18-29(22-14-15-22)26(31)19-30(21-11-6-3-7-12-21)27(32)25-17-24(25)20-9-4-2-5-10-20/h2,4-5,8-10,13,16,21-22,24-25H,3,6-7,11-12,14-15,17-19H2,1H3. The van der Waals surface area contributed by atoms with Crippen LogP contribution < -0.4 is 0 Å². The van der Waals surface area contributed by atoms with Crippen LogP contribution in [0.4, 0.5) is 0 Å². The zero-order valence-corrected chi connectivity index (χ0v) is 19.2. The molecule has 1 aromatic heterocycles. The van der Waals surface area contributed by atoms with Crippen molar-refractivity contribution < 1.29 is 9.59 Å². The second-order valence-corrected chi connectivity index (χ2v) is 9.98. The van der Waals surface area contributed by atoms with Crippen molar-refractivity contribution in [3.63, 3.8) is 0 Å². The van der Waals surface area contributed by atoms with Crippen LogP contribution in [0.3, 0.4) is 0 Å². The van der Waals surface area contributed by atoms with E-state index in [9.17, 15) is 9.59 Å². The number of benzene rings is 1. The number of aryl methyl sites for hydroxylation is 1. The fourth-order valence-electron chi connectivity index (χ4n) is 5.41. The second kappa shape index (κ2) is 9.13. The largest absolute Gasteiger partial charge is 0.353 e. The molecule has 3 aliphatic carbocycles. The first-order chi connectivity index (χ1) is 15.6. The summed E-state index contributed by atoms with van der Waals surface area (Å²) < 4.78 is 2.08. The molecule has 3 saturated carbocycles. The molecule has 5 rings (SSSR count). The van der Waals surface area contributed by atoms with Gasteiger partial charge < -0.3 is 14.4 Å². The van der Waals surface area contributed by atoms with Gasteiger partial charge in [0, 0.05) is 36.9 Å². The normalized spacial score (nSPS) is 23.0. The van der Waals surface area contributed by atoms with Gasteiger partial charge in [0.05, 0.1) is 6.54 Å². The molecule has 32 heavy (non-hydrogen) atoms. The Labute approximate surface area is 191 Å². The van der Waals surface area contributed by atoms with Crippen LogP contribution in [-0.2, 0) is 23.2 Å². The van der Waals surface area contributed by atoms with Crippen molar-refractivity contribution in [2.45, 2.75) is 75.9 Å². The quantitative estimate of drug-likeness (QED) is 0.616. The van der Waals surface area contributed by atoms with Gasteiger partial charge in [-0.2, -0.15) is 0 Å². The zero-order valence-electron chi connectivity index (χ0n) is 19.2. The number of amides is 2. The predicted molar refractivity (Wildman–Crippen MR) is 125 cm³/mol. The van der Waals surface area contributed by atoms with Gasteiger partial charge in [-0.15, -0.1) is 0 Å². The van der Waals surface area contributed by atoms with Crippen LogP contribution in [-0.4, -0.2) is 44.8 Å². The fourth-order valence-corrected chi connectivity index (χ4v) is 5.41. The number of hydrogen-bond donors (Lipinski definition) is 0. The zero-order chi connectivity index (χ0) is 22.1. The summed E-state index contributed by atoms with van der Waals surface area (Å²) >= 11 is 0. The molecular formula is C27H35N3O2.